The Morgan fingerprint density at radius 1 is 1.32 bits per heavy atom. The number of halogens is 2. The second kappa shape index (κ2) is 6.47. The minimum absolute atomic E-state index is 0.266. The summed E-state index contributed by atoms with van der Waals surface area (Å²) in [7, 11) is 0. The maximum atomic E-state index is 12.2. The molecule has 7 heteroatoms. The van der Waals surface area contributed by atoms with Gasteiger partial charge in [0.1, 0.15) is 5.60 Å². The van der Waals surface area contributed by atoms with Crippen molar-refractivity contribution < 1.29 is 23.0 Å². The van der Waals surface area contributed by atoms with Crippen molar-refractivity contribution in [2.75, 3.05) is 0 Å². The first-order valence-electron chi connectivity index (χ1n) is 6.34. The zero-order valence-electron chi connectivity index (χ0n) is 11.5. The molecule has 112 valence electrons. The molecule has 0 aromatic carbocycles. The normalized spacial score (nSPS) is 28.3. The van der Waals surface area contributed by atoms with Crippen LogP contribution in [0, 0.1) is 0 Å². The summed E-state index contributed by atoms with van der Waals surface area (Å²) >= 11 is 0. The van der Waals surface area contributed by atoms with Crippen LogP contribution in [0.3, 0.4) is 0 Å². The molecule has 0 spiro atoms. The topological polar surface area (TPSA) is 73.6 Å². The van der Waals surface area contributed by atoms with E-state index >= 15 is 0 Å². The van der Waals surface area contributed by atoms with Gasteiger partial charge in [-0.15, -0.1) is 0 Å². The lowest BCUT2D eigenvalue weighted by molar-refractivity contribution is -0.172. The van der Waals surface area contributed by atoms with Crippen molar-refractivity contribution in [3.63, 3.8) is 0 Å². The van der Waals surface area contributed by atoms with Gasteiger partial charge < -0.3 is 20.5 Å². The van der Waals surface area contributed by atoms with Crippen LogP contribution in [0.25, 0.3) is 0 Å². The third-order valence-electron chi connectivity index (χ3n) is 2.72. The molecule has 0 aromatic heterocycles. The summed E-state index contributed by atoms with van der Waals surface area (Å²) in [6, 6.07) is -0.570. The molecular weight excluding hydrogens is 258 g/mol. The molecule has 0 radical (unpaired) electrons. The van der Waals surface area contributed by atoms with Crippen LogP contribution in [0.15, 0.2) is 0 Å². The molecule has 1 aliphatic carbocycles. The number of hydrogen-bond donors (Lipinski definition) is 2. The predicted octanol–water partition coefficient (Wildman–Crippen LogP) is 2.00. The summed E-state index contributed by atoms with van der Waals surface area (Å²) in [5, 5.41) is 2.64. The van der Waals surface area contributed by atoms with Gasteiger partial charge in [-0.25, -0.2) is 4.79 Å². The van der Waals surface area contributed by atoms with E-state index in [-0.39, 0.29) is 12.1 Å². The number of carbonyl (C=O) groups is 1. The summed E-state index contributed by atoms with van der Waals surface area (Å²) in [4.78, 5) is 11.6. The van der Waals surface area contributed by atoms with Crippen molar-refractivity contribution in [2.45, 2.75) is 70.4 Å². The van der Waals surface area contributed by atoms with Crippen molar-refractivity contribution in [3.8, 4) is 0 Å². The molecule has 3 N–H and O–H groups in total. The van der Waals surface area contributed by atoms with Gasteiger partial charge in [-0.3, -0.25) is 0 Å². The maximum absolute atomic E-state index is 12.2. The Morgan fingerprint density at radius 2 is 1.95 bits per heavy atom. The fraction of sp³-hybridized carbons (Fsp3) is 0.917. The van der Waals surface area contributed by atoms with Crippen LogP contribution in [-0.2, 0) is 9.47 Å². The average Bonchev–Trinajstić information content (AvgIpc) is 2.10. The molecule has 1 fully saturated rings. The van der Waals surface area contributed by atoms with Gasteiger partial charge in [0, 0.05) is 12.1 Å². The smallest absolute Gasteiger partial charge is 0.407 e. The standard InChI is InChI=1S/C12H22F2N2O3/c1-12(2,3)19-11(17)16-8-4-7(15)5-9(6-8)18-10(13)14/h7-10H,4-6,15H2,1-3H3,(H,16,17)/t7-,8+,9+/m0/s1. The lowest BCUT2D eigenvalue weighted by Crippen LogP contribution is -2.48. The monoisotopic (exact) mass is 280 g/mol. The van der Waals surface area contributed by atoms with Crippen LogP contribution < -0.4 is 11.1 Å². The first-order valence-corrected chi connectivity index (χ1v) is 6.34. The highest BCUT2D eigenvalue weighted by Crippen LogP contribution is 2.22. The van der Waals surface area contributed by atoms with Gasteiger partial charge in [0.25, 0.3) is 0 Å². The Morgan fingerprint density at radius 3 is 2.47 bits per heavy atom. The van der Waals surface area contributed by atoms with E-state index in [1.54, 1.807) is 20.8 Å². The van der Waals surface area contributed by atoms with Crippen LogP contribution in [0.1, 0.15) is 40.0 Å². The highest BCUT2D eigenvalue weighted by atomic mass is 19.3. The fourth-order valence-corrected chi connectivity index (χ4v) is 2.16. The maximum Gasteiger partial charge on any atom is 0.407 e. The van der Waals surface area contributed by atoms with Crippen molar-refractivity contribution >= 4 is 6.09 Å². The van der Waals surface area contributed by atoms with Crippen molar-refractivity contribution in [1.29, 1.82) is 0 Å². The van der Waals surface area contributed by atoms with E-state index in [4.69, 9.17) is 10.5 Å². The zero-order chi connectivity index (χ0) is 14.6. The van der Waals surface area contributed by atoms with Gasteiger partial charge in [-0.05, 0) is 40.0 Å². The lowest BCUT2D eigenvalue weighted by atomic mass is 9.89. The number of amides is 1. The second-order valence-corrected chi connectivity index (χ2v) is 5.83. The molecule has 0 saturated heterocycles. The highest BCUT2D eigenvalue weighted by molar-refractivity contribution is 5.68. The number of rotatable bonds is 3. The molecule has 0 aromatic rings. The summed E-state index contributed by atoms with van der Waals surface area (Å²) in [5.41, 5.74) is 5.18. The average molecular weight is 280 g/mol. The number of alkyl carbamates (subject to hydrolysis) is 1. The van der Waals surface area contributed by atoms with E-state index in [9.17, 15) is 13.6 Å². The molecule has 1 rings (SSSR count). The Balaban J connectivity index is 2.46. The third-order valence-corrected chi connectivity index (χ3v) is 2.72. The van der Waals surface area contributed by atoms with Crippen molar-refractivity contribution in [3.05, 3.63) is 0 Å². The molecule has 19 heavy (non-hydrogen) atoms. The van der Waals surface area contributed by atoms with Crippen molar-refractivity contribution in [2.24, 2.45) is 5.73 Å². The first-order chi connectivity index (χ1) is 8.65. The lowest BCUT2D eigenvalue weighted by Gasteiger charge is -2.33. The summed E-state index contributed by atoms with van der Waals surface area (Å²) in [5.74, 6) is 0. The minimum Gasteiger partial charge on any atom is -0.444 e. The number of nitrogens with two attached hydrogens (primary N) is 1. The van der Waals surface area contributed by atoms with E-state index < -0.39 is 24.4 Å². The molecule has 0 aliphatic heterocycles. The van der Waals surface area contributed by atoms with E-state index in [1.165, 1.54) is 0 Å². The SMILES string of the molecule is CC(C)(C)OC(=O)N[C@@H]1C[C@H](N)C[C@@H](OC(F)F)C1. The number of nitrogens with one attached hydrogen (secondary N) is 1. The highest BCUT2D eigenvalue weighted by Gasteiger charge is 2.31. The quantitative estimate of drug-likeness (QED) is 0.829. The first kappa shape index (κ1) is 16.1. The molecule has 0 bridgehead atoms. The molecular formula is C12H22F2N2O3. The van der Waals surface area contributed by atoms with Gasteiger partial charge in [-0.2, -0.15) is 8.78 Å². The van der Waals surface area contributed by atoms with Crippen LogP contribution in [0.5, 0.6) is 0 Å². The molecule has 3 atom stereocenters. The van der Waals surface area contributed by atoms with Crippen LogP contribution in [0.2, 0.25) is 0 Å². The van der Waals surface area contributed by atoms with Crippen molar-refractivity contribution in [1.82, 2.24) is 5.32 Å². The van der Waals surface area contributed by atoms with Gasteiger partial charge >= 0.3 is 12.7 Å². The third kappa shape index (κ3) is 6.68. The summed E-state index contributed by atoms with van der Waals surface area (Å²) in [6.07, 6.45) is 0.0160. The molecule has 0 unspecified atom stereocenters. The Hall–Kier alpha value is -0.950. The zero-order valence-corrected chi connectivity index (χ0v) is 11.5. The fourth-order valence-electron chi connectivity index (χ4n) is 2.16. The van der Waals surface area contributed by atoms with Crippen LogP contribution in [-0.4, -0.2) is 36.5 Å². The van der Waals surface area contributed by atoms with E-state index in [0.717, 1.165) is 0 Å². The summed E-state index contributed by atoms with van der Waals surface area (Å²) in [6.45, 7) is 2.43. The van der Waals surface area contributed by atoms with E-state index in [0.29, 0.717) is 19.3 Å². The van der Waals surface area contributed by atoms with Gasteiger partial charge in [0.2, 0.25) is 0 Å². The number of alkyl halides is 2. The van der Waals surface area contributed by atoms with E-state index in [1.807, 2.05) is 0 Å². The number of hydrogen-bond acceptors (Lipinski definition) is 4. The molecule has 1 saturated carbocycles. The molecule has 0 heterocycles. The Labute approximate surface area is 111 Å². The Bertz CT molecular complexity index is 306. The molecule has 1 aliphatic rings. The number of ether oxygens (including phenoxy) is 2. The van der Waals surface area contributed by atoms with Gasteiger partial charge in [0.15, 0.2) is 0 Å². The van der Waals surface area contributed by atoms with Crippen LogP contribution in [0.4, 0.5) is 13.6 Å². The Kier molecular flexibility index (Phi) is 5.49. The minimum atomic E-state index is -2.82. The van der Waals surface area contributed by atoms with E-state index in [2.05, 4.69) is 10.1 Å². The van der Waals surface area contributed by atoms with Gasteiger partial charge in [-0.1, -0.05) is 0 Å². The predicted molar refractivity (Wildman–Crippen MR) is 65.9 cm³/mol. The molecule has 1 amide bonds. The molecule has 5 nitrogen and oxygen atoms in total. The van der Waals surface area contributed by atoms with Crippen LogP contribution >= 0.6 is 0 Å². The summed E-state index contributed by atoms with van der Waals surface area (Å²) < 4.78 is 33.9. The van der Waals surface area contributed by atoms with Gasteiger partial charge in [0.05, 0.1) is 6.10 Å². The largest absolute Gasteiger partial charge is 0.444 e. The second-order valence-electron chi connectivity index (χ2n) is 5.83. The number of carbonyl (C=O) groups excluding carboxylic acids is 1.